The summed E-state index contributed by atoms with van der Waals surface area (Å²) in [5, 5.41) is 10.1. The van der Waals surface area contributed by atoms with Crippen molar-refractivity contribution >= 4 is 6.08 Å². The molecule has 5 rings (SSSR count). The highest BCUT2D eigenvalue weighted by Gasteiger charge is 2.41. The van der Waals surface area contributed by atoms with Gasteiger partial charge in [-0.15, -0.1) is 0 Å². The summed E-state index contributed by atoms with van der Waals surface area (Å²) in [4.78, 5) is 1.37. The number of ether oxygens (including phenoxy) is 3. The number of hydrogen-bond donors (Lipinski definition) is 2. The molecule has 5 heteroatoms. The van der Waals surface area contributed by atoms with Crippen molar-refractivity contribution in [2.24, 2.45) is 0 Å². The second-order valence-corrected chi connectivity index (χ2v) is 6.91. The topological polar surface area (TPSA) is 52.4 Å². The molecule has 3 atom stereocenters. The van der Waals surface area contributed by atoms with Crippen LogP contribution in [0.15, 0.2) is 30.3 Å². The SMILES string of the molecule is COc1c(O)ccc2c1C[NH+](C)C1c3cc4c(cc3C=CC21)OCO4. The number of phenolic OH excluding ortho intramolecular Hbond substituents is 1. The van der Waals surface area contributed by atoms with E-state index in [1.54, 1.807) is 13.2 Å². The summed E-state index contributed by atoms with van der Waals surface area (Å²) >= 11 is 0. The molecule has 25 heavy (non-hydrogen) atoms. The Labute approximate surface area is 146 Å². The zero-order chi connectivity index (χ0) is 17.1. The Hall–Kier alpha value is -2.66. The molecular formula is C20H20NO4+. The second-order valence-electron chi connectivity index (χ2n) is 6.91. The van der Waals surface area contributed by atoms with Crippen molar-refractivity contribution in [2.45, 2.75) is 18.5 Å². The minimum Gasteiger partial charge on any atom is -0.504 e. The highest BCUT2D eigenvalue weighted by atomic mass is 16.7. The lowest BCUT2D eigenvalue weighted by atomic mass is 9.75. The molecule has 0 aromatic heterocycles. The van der Waals surface area contributed by atoms with Crippen LogP contribution in [-0.4, -0.2) is 26.1 Å². The maximum absolute atomic E-state index is 10.1. The molecule has 2 heterocycles. The third-order valence-electron chi connectivity index (χ3n) is 5.58. The molecule has 0 amide bonds. The number of hydrogen-bond acceptors (Lipinski definition) is 4. The number of nitrogens with one attached hydrogen (secondary N) is 1. The van der Waals surface area contributed by atoms with Crippen LogP contribution in [0.3, 0.4) is 0 Å². The summed E-state index contributed by atoms with van der Waals surface area (Å²) in [6, 6.07) is 8.27. The quantitative estimate of drug-likeness (QED) is 0.835. The van der Waals surface area contributed by atoms with Crippen LogP contribution in [0.2, 0.25) is 0 Å². The van der Waals surface area contributed by atoms with Crippen LogP contribution in [-0.2, 0) is 6.54 Å². The molecule has 0 bridgehead atoms. The van der Waals surface area contributed by atoms with Gasteiger partial charge in [0, 0.05) is 5.56 Å². The zero-order valence-electron chi connectivity index (χ0n) is 14.2. The van der Waals surface area contributed by atoms with Crippen molar-refractivity contribution in [1.82, 2.24) is 0 Å². The van der Waals surface area contributed by atoms with Gasteiger partial charge in [0.25, 0.3) is 0 Å². The fraction of sp³-hybridized carbons (Fsp3) is 0.300. The summed E-state index contributed by atoms with van der Waals surface area (Å²) < 4.78 is 16.6. The Morgan fingerprint density at radius 3 is 2.76 bits per heavy atom. The van der Waals surface area contributed by atoms with Crippen LogP contribution in [0, 0.1) is 0 Å². The van der Waals surface area contributed by atoms with E-state index in [-0.39, 0.29) is 18.5 Å². The van der Waals surface area contributed by atoms with E-state index in [2.05, 4.69) is 31.3 Å². The van der Waals surface area contributed by atoms with Crippen LogP contribution < -0.4 is 19.1 Å². The number of aromatic hydroxyl groups is 1. The van der Waals surface area contributed by atoms with Crippen molar-refractivity contribution in [1.29, 1.82) is 0 Å². The van der Waals surface area contributed by atoms with E-state index in [1.165, 1.54) is 21.6 Å². The van der Waals surface area contributed by atoms with Gasteiger partial charge in [-0.1, -0.05) is 18.2 Å². The van der Waals surface area contributed by atoms with E-state index in [0.29, 0.717) is 11.8 Å². The Morgan fingerprint density at radius 1 is 1.16 bits per heavy atom. The second kappa shape index (κ2) is 5.17. The fourth-order valence-electron chi connectivity index (χ4n) is 4.50. The van der Waals surface area contributed by atoms with Gasteiger partial charge < -0.3 is 24.2 Å². The van der Waals surface area contributed by atoms with Gasteiger partial charge >= 0.3 is 0 Å². The summed E-state index contributed by atoms with van der Waals surface area (Å²) in [6.07, 6.45) is 4.42. The largest absolute Gasteiger partial charge is 0.504 e. The lowest BCUT2D eigenvalue weighted by Crippen LogP contribution is -3.09. The molecule has 3 aliphatic rings. The van der Waals surface area contributed by atoms with Crippen LogP contribution in [0.4, 0.5) is 0 Å². The number of benzene rings is 2. The summed E-state index contributed by atoms with van der Waals surface area (Å²) in [7, 11) is 3.81. The van der Waals surface area contributed by atoms with E-state index in [4.69, 9.17) is 14.2 Å². The lowest BCUT2D eigenvalue weighted by Gasteiger charge is -2.39. The first-order valence-electron chi connectivity index (χ1n) is 8.50. The average Bonchev–Trinajstić information content (AvgIpc) is 3.06. The first kappa shape index (κ1) is 14.7. The van der Waals surface area contributed by atoms with E-state index in [0.717, 1.165) is 23.6 Å². The van der Waals surface area contributed by atoms with Crippen molar-refractivity contribution < 1.29 is 24.2 Å². The lowest BCUT2D eigenvalue weighted by molar-refractivity contribution is -0.929. The smallest absolute Gasteiger partial charge is 0.231 e. The van der Waals surface area contributed by atoms with Gasteiger partial charge in [-0.2, -0.15) is 0 Å². The monoisotopic (exact) mass is 338 g/mol. The predicted molar refractivity (Wildman–Crippen MR) is 92.3 cm³/mol. The zero-order valence-corrected chi connectivity index (χ0v) is 14.2. The van der Waals surface area contributed by atoms with Gasteiger partial charge in [0.1, 0.15) is 12.6 Å². The van der Waals surface area contributed by atoms with Crippen LogP contribution in [0.25, 0.3) is 6.08 Å². The third kappa shape index (κ3) is 1.99. The summed E-state index contributed by atoms with van der Waals surface area (Å²) in [5.74, 6) is 2.69. The molecule has 1 aliphatic carbocycles. The molecule has 2 aliphatic heterocycles. The van der Waals surface area contributed by atoms with E-state index >= 15 is 0 Å². The number of quaternary nitrogens is 1. The number of methoxy groups -OCH3 is 1. The van der Waals surface area contributed by atoms with Crippen molar-refractivity contribution in [3.63, 3.8) is 0 Å². The molecule has 2 aromatic carbocycles. The van der Waals surface area contributed by atoms with E-state index < -0.39 is 0 Å². The predicted octanol–water partition coefficient (Wildman–Crippen LogP) is 2.01. The molecule has 2 aromatic rings. The Morgan fingerprint density at radius 2 is 1.96 bits per heavy atom. The normalized spacial score (nSPS) is 25.1. The van der Waals surface area contributed by atoms with Gasteiger partial charge in [-0.25, -0.2) is 0 Å². The number of rotatable bonds is 1. The first-order chi connectivity index (χ1) is 12.2. The minimum atomic E-state index is 0.205. The van der Waals surface area contributed by atoms with Crippen LogP contribution >= 0.6 is 0 Å². The van der Waals surface area contributed by atoms with Crippen LogP contribution in [0.1, 0.15) is 34.2 Å². The van der Waals surface area contributed by atoms with Crippen molar-refractivity contribution in [3.05, 3.63) is 52.6 Å². The van der Waals surface area contributed by atoms with Gasteiger partial charge in [0.15, 0.2) is 23.0 Å². The molecular weight excluding hydrogens is 318 g/mol. The Balaban J connectivity index is 1.67. The number of likely N-dealkylation sites (N-methyl/N-ethyl adjacent to an activating group) is 1. The molecule has 3 unspecified atom stereocenters. The molecule has 5 nitrogen and oxygen atoms in total. The van der Waals surface area contributed by atoms with Crippen molar-refractivity contribution in [3.8, 4) is 23.0 Å². The number of phenols is 1. The Kier molecular flexibility index (Phi) is 3.03. The third-order valence-corrected chi connectivity index (χ3v) is 5.58. The minimum absolute atomic E-state index is 0.205. The van der Waals surface area contributed by atoms with E-state index in [9.17, 15) is 5.11 Å². The molecule has 0 fully saturated rings. The molecule has 2 N–H and O–H groups in total. The summed E-state index contributed by atoms with van der Waals surface area (Å²) in [5.41, 5.74) is 4.80. The molecule has 0 saturated heterocycles. The van der Waals surface area contributed by atoms with Gasteiger partial charge in [0.2, 0.25) is 6.79 Å². The van der Waals surface area contributed by atoms with Crippen LogP contribution in [0.5, 0.6) is 23.0 Å². The van der Waals surface area contributed by atoms with E-state index in [1.807, 2.05) is 6.07 Å². The highest BCUT2D eigenvalue weighted by Crippen LogP contribution is 2.47. The van der Waals surface area contributed by atoms with Gasteiger partial charge in [-0.05, 0) is 29.3 Å². The van der Waals surface area contributed by atoms with Gasteiger partial charge in [0.05, 0.1) is 25.6 Å². The maximum atomic E-state index is 10.1. The van der Waals surface area contributed by atoms with Crippen molar-refractivity contribution in [2.75, 3.05) is 21.0 Å². The average molecular weight is 338 g/mol. The Bertz CT molecular complexity index is 905. The standard InChI is InChI=1S/C20H19NO4/c1-21-9-15-12(5-6-16(22)20(15)23-2)13-4-3-11-7-17-18(25-10-24-17)8-14(11)19(13)21/h3-8,13,19,22H,9-10H2,1-2H3/p+1. The molecule has 0 spiro atoms. The maximum Gasteiger partial charge on any atom is 0.231 e. The first-order valence-corrected chi connectivity index (χ1v) is 8.50. The molecule has 128 valence electrons. The molecule has 0 radical (unpaired) electrons. The highest BCUT2D eigenvalue weighted by molar-refractivity contribution is 5.66. The fourth-order valence-corrected chi connectivity index (χ4v) is 4.50. The molecule has 0 saturated carbocycles. The number of fused-ring (bicyclic) bond motifs is 6. The summed E-state index contributed by atoms with van der Waals surface area (Å²) in [6.45, 7) is 1.09. The van der Waals surface area contributed by atoms with Gasteiger partial charge in [-0.3, -0.25) is 0 Å².